The van der Waals surface area contributed by atoms with Crippen LogP contribution >= 0.6 is 0 Å². The van der Waals surface area contributed by atoms with Crippen LogP contribution in [0.25, 0.3) is 0 Å². The molecule has 1 N–H and O–H groups in total. The van der Waals surface area contributed by atoms with Gasteiger partial charge in [0.2, 0.25) is 10.0 Å². The van der Waals surface area contributed by atoms with Crippen molar-refractivity contribution in [3.63, 3.8) is 0 Å². The molecular weight excluding hydrogens is 392 g/mol. The van der Waals surface area contributed by atoms with Gasteiger partial charge in [-0.25, -0.2) is 8.42 Å². The van der Waals surface area contributed by atoms with E-state index in [1.165, 1.54) is 30.9 Å². The molecule has 0 aliphatic rings. The summed E-state index contributed by atoms with van der Waals surface area (Å²) in [5.41, 5.74) is 2.21. The van der Waals surface area contributed by atoms with Crippen LogP contribution in [0.4, 0.5) is 0 Å². The molecule has 0 saturated heterocycles. The number of methoxy groups -OCH3 is 1. The maximum Gasteiger partial charge on any atom is 0.318 e. The first-order valence-corrected chi connectivity index (χ1v) is 10.5. The molecule has 0 aliphatic heterocycles. The van der Waals surface area contributed by atoms with Crippen LogP contribution in [0.2, 0.25) is 0 Å². The van der Waals surface area contributed by atoms with Gasteiger partial charge < -0.3 is 9.84 Å². The van der Waals surface area contributed by atoms with E-state index in [0.717, 1.165) is 9.87 Å². The molecule has 0 bridgehead atoms. The fourth-order valence-corrected chi connectivity index (χ4v) is 4.42. The maximum absolute atomic E-state index is 13.2. The van der Waals surface area contributed by atoms with Gasteiger partial charge in [-0.3, -0.25) is 4.79 Å². The van der Waals surface area contributed by atoms with Crippen LogP contribution in [0.3, 0.4) is 0 Å². The van der Waals surface area contributed by atoms with Gasteiger partial charge in [0.15, 0.2) is 0 Å². The Morgan fingerprint density at radius 1 is 1.21 bits per heavy atom. The van der Waals surface area contributed by atoms with Gasteiger partial charge in [0.25, 0.3) is 0 Å². The predicted molar refractivity (Wildman–Crippen MR) is 108 cm³/mol. The van der Waals surface area contributed by atoms with E-state index in [4.69, 9.17) is 10.00 Å². The molecule has 0 amide bonds. The van der Waals surface area contributed by atoms with Crippen LogP contribution in [-0.2, 0) is 21.2 Å². The number of sulfonamides is 1. The fourth-order valence-electron chi connectivity index (χ4n) is 2.85. The summed E-state index contributed by atoms with van der Waals surface area (Å²) in [4.78, 5) is 11.1. The lowest BCUT2D eigenvalue weighted by Crippen LogP contribution is -2.37. The molecule has 0 atom stereocenters. The van der Waals surface area contributed by atoms with Crippen molar-refractivity contribution in [2.75, 3.05) is 20.2 Å². The van der Waals surface area contributed by atoms with E-state index >= 15 is 0 Å². The van der Waals surface area contributed by atoms with Gasteiger partial charge in [-0.05, 0) is 41.7 Å². The van der Waals surface area contributed by atoms with Crippen LogP contribution in [0.5, 0.6) is 5.75 Å². The van der Waals surface area contributed by atoms with E-state index in [2.05, 4.69) is 13.8 Å². The third-order valence-corrected chi connectivity index (χ3v) is 6.38. The molecule has 0 spiro atoms. The van der Waals surface area contributed by atoms with E-state index < -0.39 is 22.5 Å². The lowest BCUT2D eigenvalue weighted by Gasteiger charge is -2.22. The zero-order valence-corrected chi connectivity index (χ0v) is 17.4. The number of benzene rings is 2. The van der Waals surface area contributed by atoms with E-state index in [0.29, 0.717) is 12.3 Å². The van der Waals surface area contributed by atoms with Gasteiger partial charge in [0.1, 0.15) is 17.2 Å². The highest BCUT2D eigenvalue weighted by molar-refractivity contribution is 7.89. The Bertz CT molecular complexity index is 1010. The summed E-state index contributed by atoms with van der Waals surface area (Å²) >= 11 is 0. The molecule has 2 aromatic carbocycles. The van der Waals surface area contributed by atoms with Gasteiger partial charge in [0.05, 0.1) is 18.7 Å². The number of aliphatic carboxylic acids is 1. The average Bonchev–Trinajstić information content (AvgIpc) is 2.70. The first kappa shape index (κ1) is 22.4. The minimum Gasteiger partial charge on any atom is -0.495 e. The number of hydrogen-bond donors (Lipinski definition) is 1. The summed E-state index contributed by atoms with van der Waals surface area (Å²) in [6.07, 6.45) is 0.352. The van der Waals surface area contributed by atoms with Crippen molar-refractivity contribution in [1.29, 1.82) is 5.26 Å². The summed E-state index contributed by atoms with van der Waals surface area (Å²) in [5, 5.41) is 18.3. The van der Waals surface area contributed by atoms with Crippen LogP contribution in [0.15, 0.2) is 47.4 Å². The van der Waals surface area contributed by atoms with Crippen molar-refractivity contribution in [1.82, 2.24) is 4.31 Å². The molecule has 2 aromatic rings. The molecule has 0 aliphatic carbocycles. The summed E-state index contributed by atoms with van der Waals surface area (Å²) in [7, 11) is -2.87. The van der Waals surface area contributed by atoms with Crippen molar-refractivity contribution < 1.29 is 23.1 Å². The van der Waals surface area contributed by atoms with Gasteiger partial charge in [-0.15, -0.1) is 0 Å². The Morgan fingerprint density at radius 3 is 2.38 bits per heavy atom. The Hall–Kier alpha value is -2.89. The van der Waals surface area contributed by atoms with Gasteiger partial charge >= 0.3 is 5.97 Å². The molecule has 0 fully saturated rings. The second-order valence-corrected chi connectivity index (χ2v) is 8.76. The monoisotopic (exact) mass is 416 g/mol. The highest BCUT2D eigenvalue weighted by Gasteiger charge is 2.29. The summed E-state index contributed by atoms with van der Waals surface area (Å²) in [6, 6.07) is 13.7. The maximum atomic E-state index is 13.2. The molecule has 8 heteroatoms. The molecule has 0 radical (unpaired) electrons. The summed E-state index contributed by atoms with van der Waals surface area (Å²) in [6.45, 7) is 3.46. The number of carboxylic acids is 1. The largest absolute Gasteiger partial charge is 0.495 e. The van der Waals surface area contributed by atoms with Crippen LogP contribution in [-0.4, -0.2) is 44.0 Å². The van der Waals surface area contributed by atoms with Crippen LogP contribution in [0.1, 0.15) is 36.5 Å². The van der Waals surface area contributed by atoms with Gasteiger partial charge in [0, 0.05) is 6.54 Å². The first-order valence-electron chi connectivity index (χ1n) is 9.08. The van der Waals surface area contributed by atoms with Crippen LogP contribution in [0, 0.1) is 11.3 Å². The zero-order chi connectivity index (χ0) is 21.6. The lowest BCUT2D eigenvalue weighted by molar-refractivity contribution is -0.137. The molecular formula is C21H24N2O5S. The Kier molecular flexibility index (Phi) is 7.37. The quantitative estimate of drug-likeness (QED) is 0.673. The number of carbonyl (C=O) groups is 1. The van der Waals surface area contributed by atoms with Crippen molar-refractivity contribution in [3.8, 4) is 11.8 Å². The normalized spacial score (nSPS) is 11.4. The Morgan fingerprint density at radius 2 is 1.86 bits per heavy atom. The van der Waals surface area contributed by atoms with Crippen LogP contribution < -0.4 is 4.74 Å². The predicted octanol–water partition coefficient (Wildman–Crippen LogP) is 3.01. The van der Waals surface area contributed by atoms with E-state index in [-0.39, 0.29) is 22.8 Å². The highest BCUT2D eigenvalue weighted by Crippen LogP contribution is 2.28. The van der Waals surface area contributed by atoms with E-state index in [9.17, 15) is 18.3 Å². The molecule has 0 saturated carbocycles. The number of hydrogen-bond acceptors (Lipinski definition) is 5. The van der Waals surface area contributed by atoms with Gasteiger partial charge in [-0.1, -0.05) is 38.1 Å². The van der Waals surface area contributed by atoms with E-state index in [1.807, 2.05) is 30.3 Å². The van der Waals surface area contributed by atoms with Crippen molar-refractivity contribution in [3.05, 3.63) is 59.2 Å². The number of rotatable bonds is 9. The Balaban J connectivity index is 2.33. The summed E-state index contributed by atoms with van der Waals surface area (Å²) in [5.74, 6) is -0.826. The standard InChI is InChI=1S/C21H24N2O5S/c1-15(2)18-7-4-16(5-8-18)10-11-23(14-21(24)25)29(26,27)20-12-17(13-22)6-9-19(20)28-3/h4-9,12,15H,10-11,14H2,1-3H3,(H,24,25). The first-order chi connectivity index (χ1) is 13.7. The SMILES string of the molecule is COc1ccc(C#N)cc1S(=O)(=O)N(CCc1ccc(C(C)C)cc1)CC(=O)O. The number of nitrogens with zero attached hydrogens (tertiary/aromatic N) is 2. The molecule has 7 nitrogen and oxygen atoms in total. The minimum atomic E-state index is -4.19. The fraction of sp³-hybridized carbons (Fsp3) is 0.333. The highest BCUT2D eigenvalue weighted by atomic mass is 32.2. The molecule has 29 heavy (non-hydrogen) atoms. The van der Waals surface area contributed by atoms with E-state index in [1.54, 1.807) is 0 Å². The summed E-state index contributed by atoms with van der Waals surface area (Å²) < 4.78 is 32.3. The number of carboxylic acid groups (broad SMARTS) is 1. The molecule has 154 valence electrons. The lowest BCUT2D eigenvalue weighted by atomic mass is 10.0. The second-order valence-electron chi connectivity index (χ2n) is 6.86. The minimum absolute atomic E-state index is 0.0183. The van der Waals surface area contributed by atoms with Gasteiger partial charge in [-0.2, -0.15) is 9.57 Å². The molecule has 0 unspecified atom stereocenters. The number of nitriles is 1. The zero-order valence-electron chi connectivity index (χ0n) is 16.6. The van der Waals surface area contributed by atoms with Crippen molar-refractivity contribution in [2.24, 2.45) is 0 Å². The van der Waals surface area contributed by atoms with Crippen molar-refractivity contribution in [2.45, 2.75) is 31.1 Å². The molecule has 0 aromatic heterocycles. The third kappa shape index (κ3) is 5.56. The smallest absolute Gasteiger partial charge is 0.318 e. The third-order valence-electron chi connectivity index (χ3n) is 4.52. The average molecular weight is 416 g/mol. The van der Waals surface area contributed by atoms with Crippen molar-refractivity contribution >= 4 is 16.0 Å². The molecule has 2 rings (SSSR count). The topological polar surface area (TPSA) is 108 Å². The molecule has 0 heterocycles. The number of ether oxygens (including phenoxy) is 1. The Labute approximate surface area is 171 Å². The second kappa shape index (κ2) is 9.54.